The van der Waals surface area contributed by atoms with E-state index in [1.807, 2.05) is 0 Å². The van der Waals surface area contributed by atoms with Crippen molar-refractivity contribution in [2.75, 3.05) is 11.1 Å². The molecule has 9 heteroatoms. The summed E-state index contributed by atoms with van der Waals surface area (Å²) in [4.78, 5) is 15.9. The van der Waals surface area contributed by atoms with Gasteiger partial charge in [-0.2, -0.15) is 0 Å². The number of rotatable bonds is 5. The van der Waals surface area contributed by atoms with Crippen molar-refractivity contribution in [2.24, 2.45) is 0 Å². The van der Waals surface area contributed by atoms with Gasteiger partial charge in [-0.15, -0.1) is 5.10 Å². The number of anilines is 1. The number of H-pyrrole nitrogens is 1. The Balaban J connectivity index is 1.60. The summed E-state index contributed by atoms with van der Waals surface area (Å²) in [5.41, 5.74) is 0.284. The lowest BCUT2D eigenvalue weighted by molar-refractivity contribution is -0.113. The number of benzene rings is 2. The van der Waals surface area contributed by atoms with Crippen LogP contribution in [0.3, 0.4) is 0 Å². The van der Waals surface area contributed by atoms with Gasteiger partial charge in [0.2, 0.25) is 11.1 Å². The summed E-state index contributed by atoms with van der Waals surface area (Å²) in [5, 5.41) is 9.12. The number of aromatic amines is 1. The van der Waals surface area contributed by atoms with Crippen molar-refractivity contribution in [3.63, 3.8) is 0 Å². The van der Waals surface area contributed by atoms with Gasteiger partial charge in [-0.05, 0) is 24.3 Å². The molecular formula is C16H11F3N4OS. The molecule has 5 nitrogen and oxygen atoms in total. The molecule has 0 bridgehead atoms. The molecule has 0 fully saturated rings. The molecule has 0 spiro atoms. The second-order valence-electron chi connectivity index (χ2n) is 4.94. The van der Waals surface area contributed by atoms with Crippen molar-refractivity contribution >= 4 is 23.4 Å². The number of carbonyl (C=O) groups excluding carboxylic acids is 1. The van der Waals surface area contributed by atoms with E-state index in [1.54, 1.807) is 18.2 Å². The minimum Gasteiger partial charge on any atom is -0.325 e. The Morgan fingerprint density at radius 1 is 1.12 bits per heavy atom. The van der Waals surface area contributed by atoms with Gasteiger partial charge in [0.1, 0.15) is 17.5 Å². The van der Waals surface area contributed by atoms with E-state index in [4.69, 9.17) is 0 Å². The lowest BCUT2D eigenvalue weighted by Gasteiger charge is -2.04. The van der Waals surface area contributed by atoms with E-state index in [1.165, 1.54) is 6.07 Å². The first-order valence-corrected chi connectivity index (χ1v) is 8.06. The van der Waals surface area contributed by atoms with Crippen LogP contribution in [0.25, 0.3) is 11.4 Å². The molecule has 0 atom stereocenters. The summed E-state index contributed by atoms with van der Waals surface area (Å²) < 4.78 is 39.8. The lowest BCUT2D eigenvalue weighted by Crippen LogP contribution is -2.14. The topological polar surface area (TPSA) is 70.7 Å². The molecule has 0 saturated heterocycles. The van der Waals surface area contributed by atoms with Crippen LogP contribution in [0.4, 0.5) is 18.9 Å². The smallest absolute Gasteiger partial charge is 0.234 e. The summed E-state index contributed by atoms with van der Waals surface area (Å²) in [6.07, 6.45) is 0. The Morgan fingerprint density at radius 2 is 1.84 bits per heavy atom. The van der Waals surface area contributed by atoms with Gasteiger partial charge in [-0.25, -0.2) is 18.2 Å². The van der Waals surface area contributed by atoms with Gasteiger partial charge in [0.05, 0.1) is 11.3 Å². The van der Waals surface area contributed by atoms with Crippen LogP contribution in [0.15, 0.2) is 47.6 Å². The summed E-state index contributed by atoms with van der Waals surface area (Å²) >= 11 is 1.00. The molecule has 1 amide bonds. The zero-order valence-electron chi connectivity index (χ0n) is 12.6. The number of amides is 1. The largest absolute Gasteiger partial charge is 0.325 e. The van der Waals surface area contributed by atoms with Gasteiger partial charge < -0.3 is 5.32 Å². The van der Waals surface area contributed by atoms with Crippen LogP contribution in [0.5, 0.6) is 0 Å². The molecular weight excluding hydrogens is 353 g/mol. The Bertz CT molecular complexity index is 896. The van der Waals surface area contributed by atoms with Gasteiger partial charge in [0, 0.05) is 11.8 Å². The summed E-state index contributed by atoms with van der Waals surface area (Å²) in [7, 11) is 0. The second kappa shape index (κ2) is 7.39. The van der Waals surface area contributed by atoms with Crippen LogP contribution in [-0.4, -0.2) is 26.8 Å². The number of nitrogens with zero attached hydrogens (tertiary/aromatic N) is 2. The maximum absolute atomic E-state index is 13.7. The van der Waals surface area contributed by atoms with Gasteiger partial charge in [-0.1, -0.05) is 23.9 Å². The summed E-state index contributed by atoms with van der Waals surface area (Å²) in [6, 6.07) is 8.81. The van der Waals surface area contributed by atoms with Crippen LogP contribution in [0.1, 0.15) is 0 Å². The molecule has 128 valence electrons. The lowest BCUT2D eigenvalue weighted by atomic mass is 10.2. The average molecular weight is 364 g/mol. The maximum atomic E-state index is 13.7. The number of hydrogen-bond acceptors (Lipinski definition) is 4. The Kier molecular flexibility index (Phi) is 5.03. The predicted molar refractivity (Wildman–Crippen MR) is 87.5 cm³/mol. The molecule has 0 aliphatic heterocycles. The van der Waals surface area contributed by atoms with Gasteiger partial charge >= 0.3 is 0 Å². The van der Waals surface area contributed by atoms with E-state index >= 15 is 0 Å². The molecule has 1 aromatic heterocycles. The molecule has 25 heavy (non-hydrogen) atoms. The van der Waals surface area contributed by atoms with Gasteiger partial charge in [-0.3, -0.25) is 9.89 Å². The first kappa shape index (κ1) is 17.0. The average Bonchev–Trinajstić information content (AvgIpc) is 3.01. The van der Waals surface area contributed by atoms with E-state index in [2.05, 4.69) is 20.5 Å². The van der Waals surface area contributed by atoms with Crippen molar-refractivity contribution in [3.8, 4) is 11.4 Å². The fourth-order valence-corrected chi connectivity index (χ4v) is 2.64. The standard InChI is InChI=1S/C16H11F3N4OS/c17-9-5-10(18)7-11(6-9)20-14(24)8-25-16-21-15(22-23-16)12-3-1-2-4-13(12)19/h1-7H,8H2,(H,20,24)(H,21,22,23). The molecule has 3 rings (SSSR count). The third-order valence-corrected chi connectivity index (χ3v) is 3.92. The molecule has 0 unspecified atom stereocenters. The Morgan fingerprint density at radius 3 is 2.56 bits per heavy atom. The first-order valence-electron chi connectivity index (χ1n) is 7.07. The minimum atomic E-state index is -0.786. The predicted octanol–water partition coefficient (Wildman–Crippen LogP) is 3.62. The number of halogens is 3. The quantitative estimate of drug-likeness (QED) is 0.679. The molecule has 0 saturated carbocycles. The normalized spacial score (nSPS) is 10.7. The second-order valence-corrected chi connectivity index (χ2v) is 5.88. The highest BCUT2D eigenvalue weighted by molar-refractivity contribution is 7.99. The van der Waals surface area contributed by atoms with Gasteiger partial charge in [0.15, 0.2) is 5.82 Å². The summed E-state index contributed by atoms with van der Waals surface area (Å²) in [5.74, 6) is -2.33. The van der Waals surface area contributed by atoms with Gasteiger partial charge in [0.25, 0.3) is 0 Å². The van der Waals surface area contributed by atoms with Crippen LogP contribution < -0.4 is 5.32 Å². The van der Waals surface area contributed by atoms with Crippen LogP contribution in [-0.2, 0) is 4.79 Å². The molecule has 1 heterocycles. The minimum absolute atomic E-state index is 0.0186. The highest BCUT2D eigenvalue weighted by atomic mass is 32.2. The third-order valence-electron chi connectivity index (χ3n) is 3.07. The van der Waals surface area contributed by atoms with E-state index < -0.39 is 23.4 Å². The van der Waals surface area contributed by atoms with Crippen molar-refractivity contribution in [2.45, 2.75) is 5.16 Å². The zero-order chi connectivity index (χ0) is 17.8. The number of hydrogen-bond donors (Lipinski definition) is 2. The third kappa shape index (κ3) is 4.38. The van der Waals surface area contributed by atoms with E-state index in [-0.39, 0.29) is 28.0 Å². The fourth-order valence-electron chi connectivity index (χ4n) is 2.04. The molecule has 2 aromatic carbocycles. The number of nitrogens with one attached hydrogen (secondary N) is 2. The van der Waals surface area contributed by atoms with E-state index in [0.29, 0.717) is 6.07 Å². The SMILES string of the molecule is O=C(CSc1n[nH]c(-c2ccccc2F)n1)Nc1cc(F)cc(F)c1. The molecule has 0 aliphatic rings. The van der Waals surface area contributed by atoms with Crippen molar-refractivity contribution in [1.29, 1.82) is 0 Å². The molecule has 3 aromatic rings. The summed E-state index contributed by atoms with van der Waals surface area (Å²) in [6.45, 7) is 0. The van der Waals surface area contributed by atoms with Crippen molar-refractivity contribution < 1.29 is 18.0 Å². The van der Waals surface area contributed by atoms with Crippen LogP contribution >= 0.6 is 11.8 Å². The Labute approximate surface area is 144 Å². The number of aromatic nitrogens is 3. The highest BCUT2D eigenvalue weighted by Crippen LogP contribution is 2.22. The highest BCUT2D eigenvalue weighted by Gasteiger charge is 2.12. The van der Waals surface area contributed by atoms with Crippen molar-refractivity contribution in [1.82, 2.24) is 15.2 Å². The molecule has 0 aliphatic carbocycles. The molecule has 0 radical (unpaired) electrons. The van der Waals surface area contributed by atoms with Crippen LogP contribution in [0.2, 0.25) is 0 Å². The zero-order valence-corrected chi connectivity index (χ0v) is 13.4. The van der Waals surface area contributed by atoms with E-state index in [9.17, 15) is 18.0 Å². The number of thioether (sulfide) groups is 1. The first-order chi connectivity index (χ1) is 12.0. The van der Waals surface area contributed by atoms with Crippen molar-refractivity contribution in [3.05, 3.63) is 59.9 Å². The molecule has 2 N–H and O–H groups in total. The van der Waals surface area contributed by atoms with E-state index in [0.717, 1.165) is 23.9 Å². The monoisotopic (exact) mass is 364 g/mol. The van der Waals surface area contributed by atoms with Crippen LogP contribution in [0, 0.1) is 17.5 Å². The maximum Gasteiger partial charge on any atom is 0.234 e. The Hall–Kier alpha value is -2.81. The number of carbonyl (C=O) groups is 1. The fraction of sp³-hybridized carbons (Fsp3) is 0.0625.